The fourth-order valence-corrected chi connectivity index (χ4v) is 1.06. The monoisotopic (exact) mass is 194 g/mol. The SMILES string of the molecule is OCC(O)CC=Cc1ccccc1O. The van der Waals surface area contributed by atoms with Crippen molar-refractivity contribution in [3.05, 3.63) is 35.9 Å². The Labute approximate surface area is 82.9 Å². The summed E-state index contributed by atoms with van der Waals surface area (Å²) in [4.78, 5) is 0. The van der Waals surface area contributed by atoms with Gasteiger partial charge in [-0.3, -0.25) is 0 Å². The normalized spacial score (nSPS) is 13.3. The van der Waals surface area contributed by atoms with E-state index in [0.717, 1.165) is 0 Å². The average molecular weight is 194 g/mol. The van der Waals surface area contributed by atoms with E-state index < -0.39 is 6.10 Å². The summed E-state index contributed by atoms with van der Waals surface area (Å²) in [7, 11) is 0. The first-order valence-corrected chi connectivity index (χ1v) is 4.47. The maximum Gasteiger partial charge on any atom is 0.122 e. The highest BCUT2D eigenvalue weighted by Gasteiger charge is 1.98. The van der Waals surface area contributed by atoms with Gasteiger partial charge in [-0.25, -0.2) is 0 Å². The summed E-state index contributed by atoms with van der Waals surface area (Å²) < 4.78 is 0. The van der Waals surface area contributed by atoms with Crippen LogP contribution in [0.4, 0.5) is 0 Å². The molecule has 0 aliphatic rings. The van der Waals surface area contributed by atoms with E-state index >= 15 is 0 Å². The van der Waals surface area contributed by atoms with Crippen LogP contribution in [-0.2, 0) is 0 Å². The van der Waals surface area contributed by atoms with Gasteiger partial charge in [0.15, 0.2) is 0 Å². The molecule has 1 aromatic carbocycles. The number of aliphatic hydroxyl groups is 2. The molecule has 0 aliphatic carbocycles. The van der Waals surface area contributed by atoms with Crippen LogP contribution in [-0.4, -0.2) is 28.0 Å². The summed E-state index contributed by atoms with van der Waals surface area (Å²) in [5.41, 5.74) is 0.706. The number of hydrogen-bond acceptors (Lipinski definition) is 3. The molecule has 76 valence electrons. The standard InChI is InChI=1S/C11H14O3/c12-8-10(13)6-3-5-9-4-1-2-7-11(9)14/h1-5,7,10,12-14H,6,8H2. The summed E-state index contributed by atoms with van der Waals surface area (Å²) in [5.74, 6) is 0.210. The second-order valence-electron chi connectivity index (χ2n) is 3.03. The van der Waals surface area contributed by atoms with Gasteiger partial charge in [0.2, 0.25) is 0 Å². The number of hydrogen-bond donors (Lipinski definition) is 3. The molecule has 1 atom stereocenters. The van der Waals surface area contributed by atoms with Gasteiger partial charge in [0.05, 0.1) is 12.7 Å². The highest BCUT2D eigenvalue weighted by Crippen LogP contribution is 2.17. The largest absolute Gasteiger partial charge is 0.507 e. The zero-order valence-corrected chi connectivity index (χ0v) is 7.80. The molecule has 1 unspecified atom stereocenters. The summed E-state index contributed by atoms with van der Waals surface area (Å²) in [5, 5.41) is 27.0. The van der Waals surface area contributed by atoms with Crippen molar-refractivity contribution in [3.63, 3.8) is 0 Å². The topological polar surface area (TPSA) is 60.7 Å². The van der Waals surface area contributed by atoms with Crippen LogP contribution in [0.3, 0.4) is 0 Å². The quantitative estimate of drug-likeness (QED) is 0.673. The van der Waals surface area contributed by atoms with Crippen molar-refractivity contribution in [2.45, 2.75) is 12.5 Å². The number of aromatic hydroxyl groups is 1. The molecule has 0 amide bonds. The van der Waals surface area contributed by atoms with Gasteiger partial charge in [0, 0.05) is 5.56 Å². The predicted octanol–water partition coefficient (Wildman–Crippen LogP) is 1.15. The molecule has 0 aliphatic heterocycles. The van der Waals surface area contributed by atoms with Crippen molar-refractivity contribution in [1.29, 1.82) is 0 Å². The third-order valence-electron chi connectivity index (χ3n) is 1.85. The molecule has 0 spiro atoms. The Hall–Kier alpha value is -1.32. The molecule has 3 nitrogen and oxygen atoms in total. The molecule has 0 saturated heterocycles. The van der Waals surface area contributed by atoms with Gasteiger partial charge in [-0.1, -0.05) is 30.4 Å². The first kappa shape index (κ1) is 10.8. The molecule has 0 saturated carbocycles. The predicted molar refractivity (Wildman–Crippen MR) is 54.9 cm³/mol. The molecule has 1 aromatic rings. The van der Waals surface area contributed by atoms with Crippen molar-refractivity contribution >= 4 is 6.08 Å². The molecule has 0 fully saturated rings. The third-order valence-corrected chi connectivity index (χ3v) is 1.85. The number of aliphatic hydroxyl groups excluding tert-OH is 2. The highest BCUT2D eigenvalue weighted by molar-refractivity contribution is 5.56. The average Bonchev–Trinajstić information content (AvgIpc) is 2.20. The lowest BCUT2D eigenvalue weighted by Crippen LogP contribution is -2.09. The summed E-state index contributed by atoms with van der Waals surface area (Å²) in [6.07, 6.45) is 3.09. The molecule has 14 heavy (non-hydrogen) atoms. The molecule has 0 heterocycles. The zero-order valence-electron chi connectivity index (χ0n) is 7.80. The molecule has 3 N–H and O–H groups in total. The van der Waals surface area contributed by atoms with Crippen LogP contribution >= 0.6 is 0 Å². The van der Waals surface area contributed by atoms with E-state index in [-0.39, 0.29) is 12.4 Å². The van der Waals surface area contributed by atoms with Crippen LogP contribution in [0, 0.1) is 0 Å². The Balaban J connectivity index is 2.56. The minimum atomic E-state index is -0.725. The van der Waals surface area contributed by atoms with Gasteiger partial charge >= 0.3 is 0 Å². The van der Waals surface area contributed by atoms with E-state index in [4.69, 9.17) is 10.2 Å². The van der Waals surface area contributed by atoms with Gasteiger partial charge in [0.25, 0.3) is 0 Å². The van der Waals surface area contributed by atoms with Crippen molar-refractivity contribution in [3.8, 4) is 5.75 Å². The molecule has 1 rings (SSSR count). The van der Waals surface area contributed by atoms with Crippen LogP contribution in [0.15, 0.2) is 30.3 Å². The number of benzene rings is 1. The van der Waals surface area contributed by atoms with Gasteiger partial charge in [-0.05, 0) is 12.5 Å². The summed E-state index contributed by atoms with van der Waals surface area (Å²) >= 11 is 0. The maximum absolute atomic E-state index is 9.37. The Morgan fingerprint density at radius 2 is 2.00 bits per heavy atom. The van der Waals surface area contributed by atoms with Crippen molar-refractivity contribution in [2.24, 2.45) is 0 Å². The summed E-state index contributed by atoms with van der Waals surface area (Å²) in [6.45, 7) is -0.245. The first-order valence-electron chi connectivity index (χ1n) is 4.47. The van der Waals surface area contributed by atoms with Crippen molar-refractivity contribution in [2.75, 3.05) is 6.61 Å². The lowest BCUT2D eigenvalue weighted by atomic mass is 10.1. The lowest BCUT2D eigenvalue weighted by Gasteiger charge is -2.01. The van der Waals surface area contributed by atoms with Crippen molar-refractivity contribution < 1.29 is 15.3 Å². The second-order valence-corrected chi connectivity index (χ2v) is 3.03. The van der Waals surface area contributed by atoms with Gasteiger partial charge in [-0.15, -0.1) is 0 Å². The minimum Gasteiger partial charge on any atom is -0.507 e. The van der Waals surface area contributed by atoms with Gasteiger partial charge < -0.3 is 15.3 Å². The first-order chi connectivity index (χ1) is 6.74. The maximum atomic E-state index is 9.37. The molecule has 0 radical (unpaired) electrons. The van der Waals surface area contributed by atoms with E-state index in [1.165, 1.54) is 0 Å². The Bertz CT molecular complexity index is 307. The molecule has 3 heteroatoms. The van der Waals surface area contributed by atoms with Crippen LogP contribution in [0.25, 0.3) is 6.08 Å². The van der Waals surface area contributed by atoms with Gasteiger partial charge in [0.1, 0.15) is 5.75 Å². The molecular formula is C11H14O3. The number of phenols is 1. The number of phenolic OH excluding ortho intramolecular Hbond substituents is 1. The third kappa shape index (κ3) is 3.20. The molecule has 0 bridgehead atoms. The smallest absolute Gasteiger partial charge is 0.122 e. The summed E-state index contributed by atoms with van der Waals surface area (Å²) in [6, 6.07) is 6.94. The van der Waals surface area contributed by atoms with E-state index in [2.05, 4.69) is 0 Å². The number of rotatable bonds is 4. The zero-order chi connectivity index (χ0) is 10.4. The molecule has 0 aromatic heterocycles. The van der Waals surface area contributed by atoms with Gasteiger partial charge in [-0.2, -0.15) is 0 Å². The van der Waals surface area contributed by atoms with Crippen LogP contribution < -0.4 is 0 Å². The fourth-order valence-electron chi connectivity index (χ4n) is 1.06. The van der Waals surface area contributed by atoms with Crippen molar-refractivity contribution in [1.82, 2.24) is 0 Å². The second kappa shape index (κ2) is 5.42. The van der Waals surface area contributed by atoms with E-state index in [1.54, 1.807) is 30.4 Å². The Morgan fingerprint density at radius 3 is 2.64 bits per heavy atom. The van der Waals surface area contributed by atoms with Crippen LogP contribution in [0.1, 0.15) is 12.0 Å². The fraction of sp³-hybridized carbons (Fsp3) is 0.273. The minimum absolute atomic E-state index is 0.210. The van der Waals surface area contributed by atoms with E-state index in [1.807, 2.05) is 6.07 Å². The number of para-hydroxylation sites is 1. The Morgan fingerprint density at radius 1 is 1.29 bits per heavy atom. The lowest BCUT2D eigenvalue weighted by molar-refractivity contribution is 0.0977. The van der Waals surface area contributed by atoms with Crippen LogP contribution in [0.5, 0.6) is 5.75 Å². The highest BCUT2D eigenvalue weighted by atomic mass is 16.3. The van der Waals surface area contributed by atoms with Crippen LogP contribution in [0.2, 0.25) is 0 Å². The Kier molecular flexibility index (Phi) is 4.16. The van der Waals surface area contributed by atoms with E-state index in [0.29, 0.717) is 12.0 Å². The molecular weight excluding hydrogens is 180 g/mol. The van der Waals surface area contributed by atoms with E-state index in [9.17, 15) is 5.11 Å².